The van der Waals surface area contributed by atoms with E-state index in [1.54, 1.807) is 0 Å². The number of aromatic nitrogens is 2. The van der Waals surface area contributed by atoms with Crippen LogP contribution in [0.3, 0.4) is 0 Å². The van der Waals surface area contributed by atoms with E-state index in [4.69, 9.17) is 5.11 Å². The van der Waals surface area contributed by atoms with Crippen molar-refractivity contribution in [1.82, 2.24) is 14.7 Å². The van der Waals surface area contributed by atoms with Crippen molar-refractivity contribution in [3.05, 3.63) is 18.0 Å². The Hall–Kier alpha value is -0.870. The molecule has 0 aromatic carbocycles. The van der Waals surface area contributed by atoms with Gasteiger partial charge in [-0.1, -0.05) is 0 Å². The smallest absolute Gasteiger partial charge is 0.0558 e. The van der Waals surface area contributed by atoms with Gasteiger partial charge in [0.15, 0.2) is 0 Å². The van der Waals surface area contributed by atoms with Gasteiger partial charge in [-0.2, -0.15) is 5.10 Å². The molecule has 0 atom stereocenters. The van der Waals surface area contributed by atoms with Crippen LogP contribution in [0.25, 0.3) is 0 Å². The number of aliphatic hydroxyl groups is 1. The molecule has 2 rings (SSSR count). The molecule has 0 aliphatic heterocycles. The van der Waals surface area contributed by atoms with Crippen molar-refractivity contribution >= 4 is 0 Å². The first-order chi connectivity index (χ1) is 7.29. The van der Waals surface area contributed by atoms with Crippen LogP contribution in [0.15, 0.2) is 12.3 Å². The number of aryl methyl sites for hydroxylation is 1. The van der Waals surface area contributed by atoms with Crippen LogP contribution in [0, 0.1) is 5.92 Å². The van der Waals surface area contributed by atoms with E-state index in [-0.39, 0.29) is 6.61 Å². The summed E-state index contributed by atoms with van der Waals surface area (Å²) in [6.07, 6.45) is 4.53. The summed E-state index contributed by atoms with van der Waals surface area (Å²) in [5.74, 6) is 0.866. The fourth-order valence-electron chi connectivity index (χ4n) is 1.83. The zero-order valence-corrected chi connectivity index (χ0v) is 9.26. The van der Waals surface area contributed by atoms with E-state index in [0.717, 1.165) is 25.6 Å². The van der Waals surface area contributed by atoms with Crippen molar-refractivity contribution in [3.63, 3.8) is 0 Å². The third-order valence-corrected chi connectivity index (χ3v) is 2.94. The molecule has 0 spiro atoms. The number of hydrogen-bond acceptors (Lipinski definition) is 3. The van der Waals surface area contributed by atoms with Gasteiger partial charge in [0.1, 0.15) is 0 Å². The summed E-state index contributed by atoms with van der Waals surface area (Å²) < 4.78 is 1.90. The van der Waals surface area contributed by atoms with Crippen LogP contribution in [0.5, 0.6) is 0 Å². The second-order valence-electron chi connectivity index (χ2n) is 4.35. The molecular weight excluding hydrogens is 190 g/mol. The molecule has 1 heterocycles. The van der Waals surface area contributed by atoms with Crippen molar-refractivity contribution < 1.29 is 5.11 Å². The van der Waals surface area contributed by atoms with Gasteiger partial charge in [0.25, 0.3) is 0 Å². The van der Waals surface area contributed by atoms with E-state index in [1.165, 1.54) is 18.5 Å². The minimum absolute atomic E-state index is 0.241. The molecule has 0 amide bonds. The maximum absolute atomic E-state index is 9.00. The largest absolute Gasteiger partial charge is 0.395 e. The summed E-state index contributed by atoms with van der Waals surface area (Å²) in [7, 11) is 1.96. The molecule has 0 radical (unpaired) electrons. The Kier molecular flexibility index (Phi) is 3.38. The second kappa shape index (κ2) is 4.77. The van der Waals surface area contributed by atoms with Crippen molar-refractivity contribution in [3.8, 4) is 0 Å². The van der Waals surface area contributed by atoms with Gasteiger partial charge < -0.3 is 5.11 Å². The van der Waals surface area contributed by atoms with Crippen LogP contribution >= 0.6 is 0 Å². The standard InChI is InChI=1S/C11H19N3O/c1-13-11(4-5-12-13)9-14(6-7-15)8-10-2-3-10/h4-5,10,15H,2-3,6-9H2,1H3. The summed E-state index contributed by atoms with van der Waals surface area (Å²) in [6, 6.07) is 2.04. The van der Waals surface area contributed by atoms with E-state index in [9.17, 15) is 0 Å². The highest BCUT2D eigenvalue weighted by Gasteiger charge is 2.24. The number of rotatable bonds is 6. The van der Waals surface area contributed by atoms with E-state index in [0.29, 0.717) is 0 Å². The molecule has 4 heteroatoms. The number of aliphatic hydroxyl groups excluding tert-OH is 1. The minimum atomic E-state index is 0.241. The molecule has 84 valence electrons. The van der Waals surface area contributed by atoms with Gasteiger partial charge in [-0.05, 0) is 24.8 Å². The fraction of sp³-hybridized carbons (Fsp3) is 0.727. The Morgan fingerprint density at radius 1 is 1.60 bits per heavy atom. The summed E-state index contributed by atoms with van der Waals surface area (Å²) >= 11 is 0. The molecule has 1 aromatic heterocycles. The van der Waals surface area contributed by atoms with Gasteiger partial charge in [0, 0.05) is 32.9 Å². The van der Waals surface area contributed by atoms with E-state index < -0.39 is 0 Å². The SMILES string of the molecule is Cn1nccc1CN(CCO)CC1CC1. The second-order valence-corrected chi connectivity index (χ2v) is 4.35. The Morgan fingerprint density at radius 3 is 2.93 bits per heavy atom. The van der Waals surface area contributed by atoms with Crippen LogP contribution in [-0.2, 0) is 13.6 Å². The molecule has 0 saturated heterocycles. The highest BCUT2D eigenvalue weighted by molar-refractivity contribution is 4.99. The first-order valence-electron chi connectivity index (χ1n) is 5.59. The molecule has 4 nitrogen and oxygen atoms in total. The van der Waals surface area contributed by atoms with E-state index >= 15 is 0 Å². The molecule has 1 fully saturated rings. The number of nitrogens with zero attached hydrogens (tertiary/aromatic N) is 3. The van der Waals surface area contributed by atoms with Crippen molar-refractivity contribution in [1.29, 1.82) is 0 Å². The van der Waals surface area contributed by atoms with E-state index in [2.05, 4.69) is 10.00 Å². The van der Waals surface area contributed by atoms with Gasteiger partial charge in [0.2, 0.25) is 0 Å². The summed E-state index contributed by atoms with van der Waals surface area (Å²) in [6.45, 7) is 3.02. The van der Waals surface area contributed by atoms with Crippen LogP contribution < -0.4 is 0 Å². The summed E-state index contributed by atoms with van der Waals surface area (Å²) in [4.78, 5) is 2.31. The van der Waals surface area contributed by atoms with Crippen molar-refractivity contribution in [2.45, 2.75) is 19.4 Å². The normalized spacial score (nSPS) is 16.2. The van der Waals surface area contributed by atoms with Gasteiger partial charge in [-0.15, -0.1) is 0 Å². The van der Waals surface area contributed by atoms with E-state index in [1.807, 2.05) is 24.0 Å². The van der Waals surface area contributed by atoms with Crippen LogP contribution in [0.4, 0.5) is 0 Å². The first kappa shape index (κ1) is 10.6. The maximum atomic E-state index is 9.00. The average molecular weight is 209 g/mol. The lowest BCUT2D eigenvalue weighted by Crippen LogP contribution is -2.29. The zero-order chi connectivity index (χ0) is 10.7. The van der Waals surface area contributed by atoms with Gasteiger partial charge in [-0.3, -0.25) is 9.58 Å². The van der Waals surface area contributed by atoms with Gasteiger partial charge in [0.05, 0.1) is 12.3 Å². The lowest BCUT2D eigenvalue weighted by molar-refractivity contribution is 0.182. The molecule has 1 N–H and O–H groups in total. The lowest BCUT2D eigenvalue weighted by atomic mass is 10.3. The molecule has 1 aliphatic rings. The average Bonchev–Trinajstić information content (AvgIpc) is 2.92. The summed E-state index contributed by atoms with van der Waals surface area (Å²) in [5.41, 5.74) is 1.21. The Labute approximate surface area is 90.5 Å². The molecule has 1 aromatic rings. The van der Waals surface area contributed by atoms with Crippen LogP contribution in [0.2, 0.25) is 0 Å². The highest BCUT2D eigenvalue weighted by Crippen LogP contribution is 2.29. The third-order valence-electron chi connectivity index (χ3n) is 2.94. The molecule has 1 aliphatic carbocycles. The Morgan fingerprint density at radius 2 is 2.40 bits per heavy atom. The molecular formula is C11H19N3O. The third kappa shape index (κ3) is 3.04. The minimum Gasteiger partial charge on any atom is -0.395 e. The first-order valence-corrected chi connectivity index (χ1v) is 5.59. The lowest BCUT2D eigenvalue weighted by Gasteiger charge is -2.20. The molecule has 0 bridgehead atoms. The monoisotopic (exact) mass is 209 g/mol. The van der Waals surface area contributed by atoms with Gasteiger partial charge in [-0.25, -0.2) is 0 Å². The number of hydrogen-bond donors (Lipinski definition) is 1. The highest BCUT2D eigenvalue weighted by atomic mass is 16.3. The quantitative estimate of drug-likeness (QED) is 0.747. The maximum Gasteiger partial charge on any atom is 0.0558 e. The van der Waals surface area contributed by atoms with Gasteiger partial charge >= 0.3 is 0 Å². The summed E-state index contributed by atoms with van der Waals surface area (Å²) in [5, 5.41) is 13.2. The van der Waals surface area contributed by atoms with Crippen molar-refractivity contribution in [2.75, 3.05) is 19.7 Å². The predicted octanol–water partition coefficient (Wildman–Crippen LogP) is 0.624. The zero-order valence-electron chi connectivity index (χ0n) is 9.26. The molecule has 1 saturated carbocycles. The Balaban J connectivity index is 1.89. The fourth-order valence-corrected chi connectivity index (χ4v) is 1.83. The van der Waals surface area contributed by atoms with Crippen LogP contribution in [-0.4, -0.2) is 39.5 Å². The predicted molar refractivity (Wildman–Crippen MR) is 58.3 cm³/mol. The van der Waals surface area contributed by atoms with Crippen molar-refractivity contribution in [2.24, 2.45) is 13.0 Å². The van der Waals surface area contributed by atoms with Crippen LogP contribution in [0.1, 0.15) is 18.5 Å². The molecule has 15 heavy (non-hydrogen) atoms. The Bertz CT molecular complexity index is 307. The topological polar surface area (TPSA) is 41.3 Å². The molecule has 0 unspecified atom stereocenters.